The number of hydrogen-bond acceptors (Lipinski definition) is 4. The third-order valence-electron chi connectivity index (χ3n) is 3.62. The fraction of sp³-hybridized carbons (Fsp3) is 0.500. The highest BCUT2D eigenvalue weighted by Crippen LogP contribution is 2.48. The van der Waals surface area contributed by atoms with E-state index < -0.39 is 17.4 Å². The van der Waals surface area contributed by atoms with Crippen LogP contribution < -0.4 is 5.32 Å². The molecule has 2 heterocycles. The number of aryl methyl sites for hydroxylation is 1. The molecule has 4 amide bonds. The molecule has 1 aliphatic carbocycles. The first-order valence-electron chi connectivity index (χ1n) is 6.19. The summed E-state index contributed by atoms with van der Waals surface area (Å²) in [5.41, 5.74) is 0.0526. The maximum atomic E-state index is 12.2. The lowest BCUT2D eigenvalue weighted by Gasteiger charge is -2.30. The Labute approximate surface area is 109 Å². The van der Waals surface area contributed by atoms with Gasteiger partial charge in [0.05, 0.1) is 19.3 Å². The molecule has 1 aromatic heterocycles. The Balaban J connectivity index is 1.71. The van der Waals surface area contributed by atoms with Gasteiger partial charge < -0.3 is 0 Å². The highest BCUT2D eigenvalue weighted by atomic mass is 16.2. The van der Waals surface area contributed by atoms with Crippen molar-refractivity contribution in [2.45, 2.75) is 26.3 Å². The van der Waals surface area contributed by atoms with E-state index in [1.165, 1.54) is 0 Å². The van der Waals surface area contributed by atoms with Crippen molar-refractivity contribution in [1.82, 2.24) is 20.0 Å². The monoisotopic (exact) mass is 262 g/mol. The van der Waals surface area contributed by atoms with Crippen LogP contribution in [0, 0.1) is 12.3 Å². The SMILES string of the molecule is Cc1cnn(CCN2C(=O)NC(=O)C3(CC3)C2=O)c1. The van der Waals surface area contributed by atoms with E-state index in [1.54, 1.807) is 10.9 Å². The molecule has 2 fully saturated rings. The summed E-state index contributed by atoms with van der Waals surface area (Å²) in [4.78, 5) is 36.6. The second kappa shape index (κ2) is 3.91. The van der Waals surface area contributed by atoms with Gasteiger partial charge in [0.25, 0.3) is 0 Å². The Morgan fingerprint density at radius 2 is 2.05 bits per heavy atom. The van der Waals surface area contributed by atoms with E-state index >= 15 is 0 Å². The maximum Gasteiger partial charge on any atom is 0.330 e. The smallest absolute Gasteiger partial charge is 0.277 e. The van der Waals surface area contributed by atoms with Gasteiger partial charge in [0.15, 0.2) is 0 Å². The van der Waals surface area contributed by atoms with Gasteiger partial charge in [-0.3, -0.25) is 24.5 Å². The molecule has 1 saturated carbocycles. The number of hydrogen-bond donors (Lipinski definition) is 1. The number of carbonyl (C=O) groups is 3. The van der Waals surface area contributed by atoms with E-state index in [-0.39, 0.29) is 12.5 Å². The van der Waals surface area contributed by atoms with Crippen LogP contribution >= 0.6 is 0 Å². The second-order valence-electron chi connectivity index (χ2n) is 5.08. The van der Waals surface area contributed by atoms with Crippen molar-refractivity contribution in [2.75, 3.05) is 6.54 Å². The minimum atomic E-state index is -0.964. The van der Waals surface area contributed by atoms with Crippen LogP contribution in [0.3, 0.4) is 0 Å². The zero-order valence-electron chi connectivity index (χ0n) is 10.5. The number of nitrogens with zero attached hydrogens (tertiary/aromatic N) is 3. The summed E-state index contributed by atoms with van der Waals surface area (Å²) in [6, 6.07) is -0.628. The van der Waals surface area contributed by atoms with Gasteiger partial charge in [-0.2, -0.15) is 5.10 Å². The first-order valence-corrected chi connectivity index (χ1v) is 6.19. The predicted octanol–water partition coefficient (Wildman–Crippen LogP) is 0.0501. The number of aromatic nitrogens is 2. The highest BCUT2D eigenvalue weighted by Gasteiger charge is 2.62. The van der Waals surface area contributed by atoms with E-state index in [4.69, 9.17) is 0 Å². The standard InChI is InChI=1S/C12H14N4O3/c1-8-6-13-15(7-8)4-5-16-10(18)12(2-3-12)9(17)14-11(16)19/h6-7H,2-5H2,1H3,(H,14,17,19). The van der Waals surface area contributed by atoms with Crippen molar-refractivity contribution in [1.29, 1.82) is 0 Å². The molecule has 7 heteroatoms. The number of barbiturate groups is 1. The Kier molecular flexibility index (Phi) is 2.44. The third-order valence-corrected chi connectivity index (χ3v) is 3.62. The predicted molar refractivity (Wildman–Crippen MR) is 63.9 cm³/mol. The number of rotatable bonds is 3. The number of amides is 4. The lowest BCUT2D eigenvalue weighted by atomic mass is 10.0. The van der Waals surface area contributed by atoms with Crippen molar-refractivity contribution >= 4 is 17.8 Å². The van der Waals surface area contributed by atoms with Gasteiger partial charge in [-0.1, -0.05) is 0 Å². The van der Waals surface area contributed by atoms with Crippen LogP contribution in [-0.4, -0.2) is 39.1 Å². The second-order valence-corrected chi connectivity index (χ2v) is 5.08. The van der Waals surface area contributed by atoms with Crippen molar-refractivity contribution in [3.05, 3.63) is 18.0 Å². The zero-order chi connectivity index (χ0) is 13.6. The molecule has 0 bridgehead atoms. The average molecular weight is 262 g/mol. The summed E-state index contributed by atoms with van der Waals surface area (Å²) in [7, 11) is 0. The molecule has 0 aromatic carbocycles. The van der Waals surface area contributed by atoms with Gasteiger partial charge in [-0.05, 0) is 25.3 Å². The highest BCUT2D eigenvalue weighted by molar-refractivity contribution is 6.20. The molecule has 19 heavy (non-hydrogen) atoms. The lowest BCUT2D eigenvalue weighted by molar-refractivity contribution is -0.144. The summed E-state index contributed by atoms with van der Waals surface area (Å²) >= 11 is 0. The summed E-state index contributed by atoms with van der Waals surface area (Å²) in [6.07, 6.45) is 4.61. The van der Waals surface area contributed by atoms with Crippen molar-refractivity contribution in [3.63, 3.8) is 0 Å². The maximum absolute atomic E-state index is 12.2. The summed E-state index contributed by atoms with van der Waals surface area (Å²) in [5, 5.41) is 6.35. The Morgan fingerprint density at radius 3 is 2.63 bits per heavy atom. The molecule has 1 aromatic rings. The van der Waals surface area contributed by atoms with Gasteiger partial charge >= 0.3 is 6.03 Å². The van der Waals surface area contributed by atoms with Crippen LogP contribution in [0.1, 0.15) is 18.4 Å². The van der Waals surface area contributed by atoms with Gasteiger partial charge in [0.1, 0.15) is 5.41 Å². The lowest BCUT2D eigenvalue weighted by Crippen LogP contribution is -2.59. The first-order chi connectivity index (χ1) is 9.03. The fourth-order valence-electron chi connectivity index (χ4n) is 2.29. The van der Waals surface area contributed by atoms with Crippen LogP contribution in [0.4, 0.5) is 4.79 Å². The molecule has 1 spiro atoms. The molecule has 1 aliphatic heterocycles. The van der Waals surface area contributed by atoms with E-state index in [9.17, 15) is 14.4 Å². The van der Waals surface area contributed by atoms with E-state index in [2.05, 4.69) is 10.4 Å². The fourth-order valence-corrected chi connectivity index (χ4v) is 2.29. The van der Waals surface area contributed by atoms with Gasteiger partial charge in [0.2, 0.25) is 11.8 Å². The van der Waals surface area contributed by atoms with Gasteiger partial charge in [-0.25, -0.2) is 4.79 Å². The average Bonchev–Trinajstić information content (AvgIpc) is 3.06. The van der Waals surface area contributed by atoms with Gasteiger partial charge in [0, 0.05) is 6.20 Å². The summed E-state index contributed by atoms with van der Waals surface area (Å²) in [5.74, 6) is -0.821. The minimum Gasteiger partial charge on any atom is -0.277 e. The largest absolute Gasteiger partial charge is 0.330 e. The molecule has 0 atom stereocenters. The van der Waals surface area contributed by atoms with Crippen molar-refractivity contribution < 1.29 is 14.4 Å². The third kappa shape index (κ3) is 1.81. The number of urea groups is 1. The Hall–Kier alpha value is -2.18. The minimum absolute atomic E-state index is 0.223. The van der Waals surface area contributed by atoms with Crippen LogP contribution in [-0.2, 0) is 16.1 Å². The number of nitrogens with one attached hydrogen (secondary N) is 1. The Bertz CT molecular complexity index is 573. The van der Waals surface area contributed by atoms with Gasteiger partial charge in [-0.15, -0.1) is 0 Å². The van der Waals surface area contributed by atoms with E-state index in [0.29, 0.717) is 19.4 Å². The molecule has 2 aliphatic rings. The first kappa shape index (κ1) is 11.9. The molecule has 1 N–H and O–H groups in total. The molecule has 0 radical (unpaired) electrons. The molecule has 7 nitrogen and oxygen atoms in total. The topological polar surface area (TPSA) is 84.3 Å². The van der Waals surface area contributed by atoms with Crippen LogP contribution in [0.5, 0.6) is 0 Å². The zero-order valence-corrected chi connectivity index (χ0v) is 10.5. The van der Waals surface area contributed by atoms with Crippen molar-refractivity contribution in [2.24, 2.45) is 5.41 Å². The molecule has 100 valence electrons. The number of carbonyl (C=O) groups excluding carboxylic acids is 3. The molecule has 0 unspecified atom stereocenters. The van der Waals surface area contributed by atoms with Crippen molar-refractivity contribution in [3.8, 4) is 0 Å². The quantitative estimate of drug-likeness (QED) is 0.780. The number of imide groups is 2. The van der Waals surface area contributed by atoms with Crippen LogP contribution in [0.25, 0.3) is 0 Å². The summed E-state index contributed by atoms with van der Waals surface area (Å²) < 4.78 is 1.67. The van der Waals surface area contributed by atoms with E-state index in [0.717, 1.165) is 10.5 Å². The molecular formula is C12H14N4O3. The summed E-state index contributed by atoms with van der Waals surface area (Å²) in [6.45, 7) is 2.57. The Morgan fingerprint density at radius 1 is 1.32 bits per heavy atom. The normalized spacial score (nSPS) is 20.9. The van der Waals surface area contributed by atoms with E-state index in [1.807, 2.05) is 13.1 Å². The molecular weight excluding hydrogens is 248 g/mol. The molecule has 1 saturated heterocycles. The van der Waals surface area contributed by atoms with Crippen LogP contribution in [0.2, 0.25) is 0 Å². The van der Waals surface area contributed by atoms with Crippen LogP contribution in [0.15, 0.2) is 12.4 Å². The molecule has 3 rings (SSSR count).